The number of nitrogens with zero attached hydrogens (tertiary/aromatic N) is 2. The van der Waals surface area contributed by atoms with Crippen LogP contribution in [0.25, 0.3) is 0 Å². The van der Waals surface area contributed by atoms with Gasteiger partial charge in [0.2, 0.25) is 5.91 Å². The van der Waals surface area contributed by atoms with Crippen molar-refractivity contribution in [2.45, 2.75) is 0 Å². The number of benzene rings is 2. The van der Waals surface area contributed by atoms with Gasteiger partial charge in [-0.05, 0) is 36.4 Å². The Morgan fingerprint density at radius 3 is 2.04 bits per heavy atom. The molecular weight excluding hydrogens is 299 g/mol. The van der Waals surface area contributed by atoms with Crippen LogP contribution in [0.15, 0.2) is 48.5 Å². The summed E-state index contributed by atoms with van der Waals surface area (Å²) in [5.41, 5.74) is 1.08. The lowest BCUT2D eigenvalue weighted by Crippen LogP contribution is -2.41. The zero-order valence-corrected chi connectivity index (χ0v) is 12.3. The van der Waals surface area contributed by atoms with Gasteiger partial charge in [-0.15, -0.1) is 0 Å². The second-order valence-corrected chi connectivity index (χ2v) is 5.17. The van der Waals surface area contributed by atoms with Gasteiger partial charge >= 0.3 is 0 Å². The molecule has 1 heterocycles. The smallest absolute Gasteiger partial charge is 0.262 e. The Bertz CT molecular complexity index is 767. The third kappa shape index (κ3) is 2.59. The second kappa shape index (κ2) is 5.64. The van der Waals surface area contributed by atoms with Crippen molar-refractivity contribution in [3.05, 3.63) is 65.5 Å². The molecule has 2 aromatic carbocycles. The van der Waals surface area contributed by atoms with Crippen molar-refractivity contribution in [3.8, 4) is 0 Å². The van der Waals surface area contributed by atoms with Gasteiger partial charge in [-0.3, -0.25) is 19.3 Å². The van der Waals surface area contributed by atoms with Gasteiger partial charge in [-0.2, -0.15) is 0 Å². The Balaban J connectivity index is 1.77. The molecule has 3 rings (SSSR count). The fourth-order valence-electron chi connectivity index (χ4n) is 2.43. The minimum absolute atomic E-state index is 0.301. The first-order valence-electron chi connectivity index (χ1n) is 6.96. The number of amides is 3. The van der Waals surface area contributed by atoms with Crippen LogP contribution < -0.4 is 4.90 Å². The van der Waals surface area contributed by atoms with Crippen LogP contribution in [0.3, 0.4) is 0 Å². The average Bonchev–Trinajstić information content (AvgIpc) is 2.80. The summed E-state index contributed by atoms with van der Waals surface area (Å²) in [7, 11) is 1.51. The molecule has 0 atom stereocenters. The van der Waals surface area contributed by atoms with E-state index in [1.165, 1.54) is 36.2 Å². The number of hydrogen-bond donors (Lipinski definition) is 0. The summed E-state index contributed by atoms with van der Waals surface area (Å²) in [6.07, 6.45) is 0. The summed E-state index contributed by atoms with van der Waals surface area (Å²) in [6.45, 7) is -0.361. The molecule has 0 bridgehead atoms. The largest absolute Gasteiger partial charge is 0.314 e. The van der Waals surface area contributed by atoms with Crippen molar-refractivity contribution >= 4 is 23.4 Å². The summed E-state index contributed by atoms with van der Waals surface area (Å²) in [5.74, 6) is -1.81. The van der Waals surface area contributed by atoms with Gasteiger partial charge in [0.15, 0.2) is 0 Å². The molecule has 0 aromatic heterocycles. The molecule has 0 saturated carbocycles. The number of hydrogen-bond acceptors (Lipinski definition) is 3. The highest BCUT2D eigenvalue weighted by molar-refractivity contribution is 6.22. The van der Waals surface area contributed by atoms with Gasteiger partial charge in [0.05, 0.1) is 11.1 Å². The van der Waals surface area contributed by atoms with Gasteiger partial charge in [-0.1, -0.05) is 12.1 Å². The molecule has 23 heavy (non-hydrogen) atoms. The first-order valence-corrected chi connectivity index (χ1v) is 6.96. The van der Waals surface area contributed by atoms with Crippen LogP contribution in [0.2, 0.25) is 0 Å². The highest BCUT2D eigenvalue weighted by Gasteiger charge is 2.36. The van der Waals surface area contributed by atoms with Crippen molar-refractivity contribution in [2.24, 2.45) is 0 Å². The number of likely N-dealkylation sites (N-methyl/N-ethyl adjacent to an activating group) is 1. The maximum atomic E-state index is 12.9. The molecule has 0 radical (unpaired) electrons. The van der Waals surface area contributed by atoms with Crippen molar-refractivity contribution in [2.75, 3.05) is 18.5 Å². The molecule has 0 aliphatic carbocycles. The average molecular weight is 312 g/mol. The van der Waals surface area contributed by atoms with E-state index in [9.17, 15) is 18.8 Å². The van der Waals surface area contributed by atoms with E-state index in [0.717, 1.165) is 4.90 Å². The van der Waals surface area contributed by atoms with Crippen molar-refractivity contribution in [1.29, 1.82) is 0 Å². The Labute approximate surface area is 131 Å². The number of anilines is 1. The molecule has 6 heteroatoms. The van der Waals surface area contributed by atoms with Crippen LogP contribution in [0.1, 0.15) is 20.7 Å². The molecule has 0 fully saturated rings. The van der Waals surface area contributed by atoms with E-state index in [1.807, 2.05) is 0 Å². The van der Waals surface area contributed by atoms with Crippen LogP contribution >= 0.6 is 0 Å². The highest BCUT2D eigenvalue weighted by Crippen LogP contribution is 2.22. The number of carbonyl (C=O) groups is 3. The van der Waals surface area contributed by atoms with Gasteiger partial charge in [-0.25, -0.2) is 4.39 Å². The number of rotatable bonds is 3. The number of imide groups is 1. The third-order valence-corrected chi connectivity index (χ3v) is 3.76. The predicted molar refractivity (Wildman–Crippen MR) is 81.6 cm³/mol. The molecule has 116 valence electrons. The summed E-state index contributed by atoms with van der Waals surface area (Å²) in [5, 5.41) is 0. The van der Waals surface area contributed by atoms with Crippen LogP contribution in [-0.2, 0) is 4.79 Å². The lowest BCUT2D eigenvalue weighted by Gasteiger charge is -2.20. The molecule has 0 unspecified atom stereocenters. The minimum Gasteiger partial charge on any atom is -0.314 e. The molecular formula is C17H13FN2O3. The van der Waals surface area contributed by atoms with Crippen LogP contribution in [-0.4, -0.2) is 36.2 Å². The Morgan fingerprint density at radius 2 is 1.52 bits per heavy atom. The zero-order chi connectivity index (χ0) is 16.6. The maximum absolute atomic E-state index is 12.9. The molecule has 3 amide bonds. The Hall–Kier alpha value is -3.02. The number of halogens is 1. The lowest BCUT2D eigenvalue weighted by atomic mass is 10.1. The quantitative estimate of drug-likeness (QED) is 0.815. The van der Waals surface area contributed by atoms with Gasteiger partial charge < -0.3 is 4.90 Å². The van der Waals surface area contributed by atoms with E-state index in [0.29, 0.717) is 16.8 Å². The summed E-state index contributed by atoms with van der Waals surface area (Å²) < 4.78 is 12.9. The topological polar surface area (TPSA) is 57.7 Å². The summed E-state index contributed by atoms with van der Waals surface area (Å²) in [4.78, 5) is 39.0. The SMILES string of the molecule is CN(C(=O)CN1C(=O)c2ccccc2C1=O)c1ccc(F)cc1. The zero-order valence-electron chi connectivity index (χ0n) is 12.3. The minimum atomic E-state index is -0.480. The van der Waals surface area contributed by atoms with E-state index in [1.54, 1.807) is 24.3 Å². The van der Waals surface area contributed by atoms with Gasteiger partial charge in [0.25, 0.3) is 11.8 Å². The monoisotopic (exact) mass is 312 g/mol. The molecule has 1 aliphatic rings. The van der Waals surface area contributed by atoms with Crippen molar-refractivity contribution < 1.29 is 18.8 Å². The van der Waals surface area contributed by atoms with Crippen LogP contribution in [0.5, 0.6) is 0 Å². The van der Waals surface area contributed by atoms with Crippen molar-refractivity contribution in [1.82, 2.24) is 4.90 Å². The predicted octanol–water partition coefficient (Wildman–Crippen LogP) is 2.08. The summed E-state index contributed by atoms with van der Waals surface area (Å²) >= 11 is 0. The maximum Gasteiger partial charge on any atom is 0.262 e. The standard InChI is InChI=1S/C17H13FN2O3/c1-19(12-8-6-11(18)7-9-12)15(21)10-20-16(22)13-4-2-3-5-14(13)17(20)23/h2-9H,10H2,1H3. The molecule has 0 N–H and O–H groups in total. The first kappa shape index (κ1) is 14.9. The molecule has 5 nitrogen and oxygen atoms in total. The van der Waals surface area contributed by atoms with E-state index >= 15 is 0 Å². The van der Waals surface area contributed by atoms with E-state index in [4.69, 9.17) is 0 Å². The highest BCUT2D eigenvalue weighted by atomic mass is 19.1. The second-order valence-electron chi connectivity index (χ2n) is 5.17. The number of fused-ring (bicyclic) bond motifs is 1. The van der Waals surface area contributed by atoms with Crippen molar-refractivity contribution in [3.63, 3.8) is 0 Å². The van der Waals surface area contributed by atoms with E-state index in [2.05, 4.69) is 0 Å². The Kier molecular flexibility index (Phi) is 3.65. The van der Waals surface area contributed by atoms with Gasteiger partial charge in [0.1, 0.15) is 12.4 Å². The molecule has 0 saturated heterocycles. The fourth-order valence-corrected chi connectivity index (χ4v) is 2.43. The third-order valence-electron chi connectivity index (χ3n) is 3.76. The first-order chi connectivity index (χ1) is 11.0. The number of carbonyl (C=O) groups excluding carboxylic acids is 3. The Morgan fingerprint density at radius 1 is 1.00 bits per heavy atom. The fraction of sp³-hybridized carbons (Fsp3) is 0.118. The summed E-state index contributed by atoms with van der Waals surface area (Å²) in [6, 6.07) is 11.8. The lowest BCUT2D eigenvalue weighted by molar-refractivity contribution is -0.118. The van der Waals surface area contributed by atoms with E-state index < -0.39 is 23.5 Å². The van der Waals surface area contributed by atoms with Crippen LogP contribution in [0.4, 0.5) is 10.1 Å². The molecule has 1 aliphatic heterocycles. The molecule has 0 spiro atoms. The van der Waals surface area contributed by atoms with E-state index in [-0.39, 0.29) is 6.54 Å². The van der Waals surface area contributed by atoms with Gasteiger partial charge in [0, 0.05) is 12.7 Å². The normalized spacial score (nSPS) is 13.2. The van der Waals surface area contributed by atoms with Crippen LogP contribution in [0, 0.1) is 5.82 Å². The molecule has 2 aromatic rings.